The van der Waals surface area contributed by atoms with Crippen molar-refractivity contribution in [1.82, 2.24) is 0 Å². The molecule has 0 aromatic heterocycles. The smallest absolute Gasteiger partial charge is 0.296 e. The molecule has 1 amide bonds. The highest BCUT2D eigenvalue weighted by atomic mass is 32.2. The Morgan fingerprint density at radius 3 is 2.57 bits per heavy atom. The summed E-state index contributed by atoms with van der Waals surface area (Å²) in [5.41, 5.74) is 0.873. The van der Waals surface area contributed by atoms with Crippen molar-refractivity contribution in [3.05, 3.63) is 24.3 Å². The predicted octanol–water partition coefficient (Wildman–Crippen LogP) is 2.07. The maximum atomic E-state index is 12.4. The van der Waals surface area contributed by atoms with E-state index in [4.69, 9.17) is 5.14 Å². The lowest BCUT2D eigenvalue weighted by Crippen LogP contribution is -2.30. The highest BCUT2D eigenvalue weighted by Gasteiger charge is 2.39. The van der Waals surface area contributed by atoms with Crippen molar-refractivity contribution in [2.24, 2.45) is 16.5 Å². The minimum atomic E-state index is -3.82. The maximum Gasteiger partial charge on any atom is 0.296 e. The largest absolute Gasteiger partial charge is 0.326 e. The summed E-state index contributed by atoms with van der Waals surface area (Å²) in [5, 5.41) is 7.78. The van der Waals surface area contributed by atoms with E-state index >= 15 is 0 Å². The molecule has 1 saturated carbocycles. The Labute approximate surface area is 125 Å². The third kappa shape index (κ3) is 4.18. The second-order valence-electron chi connectivity index (χ2n) is 6.15. The quantitative estimate of drug-likeness (QED) is 0.793. The first-order valence-electron chi connectivity index (χ1n) is 6.89. The zero-order valence-electron chi connectivity index (χ0n) is 12.2. The Morgan fingerprint density at radius 1 is 1.33 bits per heavy atom. The van der Waals surface area contributed by atoms with Crippen LogP contribution in [0.1, 0.15) is 33.1 Å². The van der Waals surface area contributed by atoms with E-state index in [-0.39, 0.29) is 17.2 Å². The third-order valence-corrected chi connectivity index (χ3v) is 4.48. The van der Waals surface area contributed by atoms with E-state index in [9.17, 15) is 13.2 Å². The van der Waals surface area contributed by atoms with Crippen LogP contribution in [0, 0.1) is 11.3 Å². The van der Waals surface area contributed by atoms with Gasteiger partial charge in [0.25, 0.3) is 10.2 Å². The number of nitrogens with one attached hydrogen (secondary N) is 2. The zero-order valence-corrected chi connectivity index (χ0v) is 13.0. The van der Waals surface area contributed by atoms with Gasteiger partial charge in [-0.05, 0) is 36.5 Å². The summed E-state index contributed by atoms with van der Waals surface area (Å²) < 4.78 is 24.2. The summed E-state index contributed by atoms with van der Waals surface area (Å²) in [6.45, 7) is 4.20. The van der Waals surface area contributed by atoms with Gasteiger partial charge in [0.1, 0.15) is 0 Å². The molecule has 4 N–H and O–H groups in total. The van der Waals surface area contributed by atoms with Crippen LogP contribution in [0.3, 0.4) is 0 Å². The number of nitrogens with two attached hydrogens (primary N) is 1. The van der Waals surface area contributed by atoms with E-state index in [1.165, 1.54) is 0 Å². The lowest BCUT2D eigenvalue weighted by molar-refractivity contribution is -0.122. The van der Waals surface area contributed by atoms with Crippen molar-refractivity contribution in [3.63, 3.8) is 0 Å². The molecule has 1 aliphatic rings. The van der Waals surface area contributed by atoms with E-state index in [1.54, 1.807) is 24.3 Å². The van der Waals surface area contributed by atoms with Crippen LogP contribution in [-0.2, 0) is 15.0 Å². The van der Waals surface area contributed by atoms with Gasteiger partial charge < -0.3 is 5.32 Å². The number of anilines is 2. The van der Waals surface area contributed by atoms with Gasteiger partial charge in [0.15, 0.2) is 0 Å². The zero-order chi connectivity index (χ0) is 15.7. The third-order valence-electron chi connectivity index (χ3n) is 3.96. The van der Waals surface area contributed by atoms with E-state index in [0.717, 1.165) is 19.3 Å². The van der Waals surface area contributed by atoms with Gasteiger partial charge in [-0.2, -0.15) is 8.42 Å². The first-order valence-corrected chi connectivity index (χ1v) is 8.43. The topological polar surface area (TPSA) is 101 Å². The van der Waals surface area contributed by atoms with Crippen molar-refractivity contribution >= 4 is 27.5 Å². The minimum Gasteiger partial charge on any atom is -0.326 e. The number of carbonyl (C=O) groups excluding carboxylic acids is 1. The van der Waals surface area contributed by atoms with Crippen LogP contribution >= 0.6 is 0 Å². The van der Waals surface area contributed by atoms with Gasteiger partial charge in [0.05, 0.1) is 5.69 Å². The molecular formula is C14H21N3O3S. The fraction of sp³-hybridized carbons (Fsp3) is 0.500. The first kappa shape index (κ1) is 15.8. The minimum absolute atomic E-state index is 0.000537. The molecule has 116 valence electrons. The SMILES string of the molecule is CC1(C)CCCC1C(=O)Nc1cccc(NS(N)(=O)=O)c1. The second-order valence-corrected chi connectivity index (χ2v) is 7.44. The highest BCUT2D eigenvalue weighted by Crippen LogP contribution is 2.43. The van der Waals surface area contributed by atoms with Crippen LogP contribution in [0.5, 0.6) is 0 Å². The molecular weight excluding hydrogens is 290 g/mol. The van der Waals surface area contributed by atoms with Crippen molar-refractivity contribution in [2.45, 2.75) is 33.1 Å². The number of rotatable bonds is 4. The fourth-order valence-electron chi connectivity index (χ4n) is 2.87. The predicted molar refractivity (Wildman–Crippen MR) is 82.9 cm³/mol. The molecule has 1 aromatic rings. The van der Waals surface area contributed by atoms with Crippen molar-refractivity contribution in [3.8, 4) is 0 Å². The summed E-state index contributed by atoms with van der Waals surface area (Å²) in [4.78, 5) is 12.4. The molecule has 0 radical (unpaired) electrons. The van der Waals surface area contributed by atoms with E-state index in [0.29, 0.717) is 11.4 Å². The molecule has 0 heterocycles. The van der Waals surface area contributed by atoms with Crippen LogP contribution < -0.4 is 15.2 Å². The normalized spacial score (nSPS) is 21.0. The van der Waals surface area contributed by atoms with Crippen molar-refractivity contribution in [1.29, 1.82) is 0 Å². The average Bonchev–Trinajstić information content (AvgIpc) is 2.67. The molecule has 6 nitrogen and oxygen atoms in total. The van der Waals surface area contributed by atoms with Crippen LogP contribution in [0.25, 0.3) is 0 Å². The molecule has 0 aliphatic heterocycles. The lowest BCUT2D eigenvalue weighted by atomic mass is 9.81. The molecule has 1 unspecified atom stereocenters. The van der Waals surface area contributed by atoms with Crippen LogP contribution in [-0.4, -0.2) is 14.3 Å². The molecule has 0 saturated heterocycles. The summed E-state index contributed by atoms with van der Waals surface area (Å²) in [6.07, 6.45) is 2.98. The van der Waals surface area contributed by atoms with Gasteiger partial charge in [0, 0.05) is 11.6 Å². The van der Waals surface area contributed by atoms with Gasteiger partial charge in [-0.25, -0.2) is 5.14 Å². The first-order chi connectivity index (χ1) is 9.67. The molecule has 21 heavy (non-hydrogen) atoms. The summed E-state index contributed by atoms with van der Waals surface area (Å²) in [5.74, 6) is -0.0439. The van der Waals surface area contributed by atoms with E-state index < -0.39 is 10.2 Å². The van der Waals surface area contributed by atoms with Crippen LogP contribution in [0.4, 0.5) is 11.4 Å². The maximum absolute atomic E-state index is 12.4. The Hall–Kier alpha value is -1.60. The van der Waals surface area contributed by atoms with Gasteiger partial charge in [-0.15, -0.1) is 0 Å². The van der Waals surface area contributed by atoms with Crippen LogP contribution in [0.15, 0.2) is 24.3 Å². The molecule has 2 rings (SSSR count). The van der Waals surface area contributed by atoms with Crippen LogP contribution in [0.2, 0.25) is 0 Å². The second kappa shape index (κ2) is 5.65. The molecule has 1 aromatic carbocycles. The number of benzene rings is 1. The summed E-state index contributed by atoms with van der Waals surface area (Å²) in [7, 11) is -3.82. The Balaban J connectivity index is 2.09. The molecule has 7 heteroatoms. The molecule has 1 fully saturated rings. The molecule has 0 spiro atoms. The lowest BCUT2D eigenvalue weighted by Gasteiger charge is -2.25. The van der Waals surface area contributed by atoms with Crippen molar-refractivity contribution in [2.75, 3.05) is 10.0 Å². The highest BCUT2D eigenvalue weighted by molar-refractivity contribution is 7.90. The molecule has 1 atom stereocenters. The Kier molecular flexibility index (Phi) is 4.25. The summed E-state index contributed by atoms with van der Waals surface area (Å²) >= 11 is 0. The fourth-order valence-corrected chi connectivity index (χ4v) is 3.32. The van der Waals surface area contributed by atoms with Gasteiger partial charge in [-0.3, -0.25) is 9.52 Å². The Morgan fingerprint density at radius 2 is 2.00 bits per heavy atom. The number of carbonyl (C=O) groups is 1. The summed E-state index contributed by atoms with van der Waals surface area (Å²) in [6, 6.07) is 6.49. The number of amides is 1. The molecule has 0 bridgehead atoms. The molecule has 1 aliphatic carbocycles. The van der Waals surface area contributed by atoms with Gasteiger partial charge in [0.2, 0.25) is 5.91 Å². The van der Waals surface area contributed by atoms with E-state index in [2.05, 4.69) is 23.9 Å². The Bertz CT molecular complexity index is 641. The van der Waals surface area contributed by atoms with Crippen molar-refractivity contribution < 1.29 is 13.2 Å². The standard InChI is InChI=1S/C14H21N3O3S/c1-14(2)8-4-7-12(14)13(18)16-10-5-3-6-11(9-10)17-21(15,19)20/h3,5-6,9,12,17H,4,7-8H2,1-2H3,(H,16,18)(H2,15,19,20). The average molecular weight is 311 g/mol. The monoisotopic (exact) mass is 311 g/mol. The van der Waals surface area contributed by atoms with Gasteiger partial charge in [-0.1, -0.05) is 26.3 Å². The number of hydrogen-bond donors (Lipinski definition) is 3. The van der Waals surface area contributed by atoms with Gasteiger partial charge >= 0.3 is 0 Å². The van der Waals surface area contributed by atoms with E-state index in [1.807, 2.05) is 0 Å². The number of hydrogen-bond acceptors (Lipinski definition) is 3.